The van der Waals surface area contributed by atoms with Crippen molar-refractivity contribution in [3.63, 3.8) is 0 Å². The summed E-state index contributed by atoms with van der Waals surface area (Å²) in [5, 5.41) is 10.5. The Labute approximate surface area is 127 Å². The third kappa shape index (κ3) is 3.06. The van der Waals surface area contributed by atoms with Crippen LogP contribution < -0.4 is 4.74 Å². The Bertz CT molecular complexity index is 731. The number of nitrogens with zero attached hydrogens (tertiary/aromatic N) is 1. The Morgan fingerprint density at radius 3 is 2.76 bits per heavy atom. The van der Waals surface area contributed by atoms with Gasteiger partial charge < -0.3 is 9.84 Å². The molecule has 3 rings (SSSR count). The van der Waals surface area contributed by atoms with Crippen LogP contribution in [-0.4, -0.2) is 10.1 Å². The fourth-order valence-corrected chi connectivity index (χ4v) is 3.10. The molecule has 3 aromatic rings. The van der Waals surface area contributed by atoms with E-state index in [1.54, 1.807) is 18.3 Å². The van der Waals surface area contributed by atoms with Crippen LogP contribution >= 0.6 is 11.3 Å². The molecule has 0 aliphatic carbocycles. The molecular weight excluding hydrogens is 282 g/mol. The number of aromatic nitrogens is 1. The molecule has 4 heteroatoms. The lowest BCUT2D eigenvalue weighted by atomic mass is 10.1. The zero-order valence-corrected chi connectivity index (χ0v) is 12.9. The van der Waals surface area contributed by atoms with Crippen LogP contribution in [0.5, 0.6) is 5.75 Å². The van der Waals surface area contributed by atoms with Crippen LogP contribution in [0.15, 0.2) is 42.5 Å². The first-order valence-corrected chi connectivity index (χ1v) is 7.71. The van der Waals surface area contributed by atoms with Gasteiger partial charge in [0.25, 0.3) is 0 Å². The zero-order chi connectivity index (χ0) is 14.8. The van der Waals surface area contributed by atoms with E-state index >= 15 is 0 Å². The minimum Gasteiger partial charge on any atom is -0.486 e. The molecule has 0 aliphatic rings. The van der Waals surface area contributed by atoms with Crippen molar-refractivity contribution in [1.29, 1.82) is 0 Å². The molecule has 0 spiro atoms. The molecule has 0 saturated heterocycles. The highest BCUT2D eigenvalue weighted by atomic mass is 32.1. The molecule has 0 amide bonds. The van der Waals surface area contributed by atoms with E-state index in [1.807, 2.05) is 43.3 Å². The third-order valence-electron chi connectivity index (χ3n) is 3.37. The molecule has 1 aromatic heterocycles. The van der Waals surface area contributed by atoms with Gasteiger partial charge in [0, 0.05) is 0 Å². The van der Waals surface area contributed by atoms with Gasteiger partial charge >= 0.3 is 0 Å². The van der Waals surface area contributed by atoms with Gasteiger partial charge in [0.05, 0.1) is 16.3 Å². The van der Waals surface area contributed by atoms with Crippen molar-refractivity contribution in [1.82, 2.24) is 4.98 Å². The molecule has 0 bridgehead atoms. The second kappa shape index (κ2) is 5.84. The molecular formula is C17H17NO2S. The quantitative estimate of drug-likeness (QED) is 0.783. The van der Waals surface area contributed by atoms with Gasteiger partial charge in [0.2, 0.25) is 0 Å². The minimum absolute atomic E-state index is 0.456. The van der Waals surface area contributed by atoms with Crippen molar-refractivity contribution in [3.8, 4) is 5.75 Å². The maximum atomic E-state index is 9.58. The van der Waals surface area contributed by atoms with Gasteiger partial charge in [-0.2, -0.15) is 0 Å². The van der Waals surface area contributed by atoms with Crippen molar-refractivity contribution < 1.29 is 9.84 Å². The number of rotatable bonds is 4. The van der Waals surface area contributed by atoms with E-state index < -0.39 is 6.10 Å². The van der Waals surface area contributed by atoms with Gasteiger partial charge in [-0.3, -0.25) is 0 Å². The summed E-state index contributed by atoms with van der Waals surface area (Å²) in [5.74, 6) is 0.832. The number of thiazole rings is 1. The van der Waals surface area contributed by atoms with Crippen LogP contribution in [0.25, 0.3) is 10.2 Å². The normalized spacial score (nSPS) is 12.5. The van der Waals surface area contributed by atoms with Crippen LogP contribution in [-0.2, 0) is 6.61 Å². The molecule has 21 heavy (non-hydrogen) atoms. The van der Waals surface area contributed by atoms with Crippen LogP contribution in [0.3, 0.4) is 0 Å². The second-order valence-corrected chi connectivity index (χ2v) is 6.18. The first kappa shape index (κ1) is 14.0. The van der Waals surface area contributed by atoms with Crippen molar-refractivity contribution in [2.75, 3.05) is 0 Å². The molecule has 3 nitrogen and oxygen atoms in total. The van der Waals surface area contributed by atoms with Gasteiger partial charge in [0.1, 0.15) is 17.4 Å². The summed E-state index contributed by atoms with van der Waals surface area (Å²) in [6.45, 7) is 4.21. The van der Waals surface area contributed by atoms with Gasteiger partial charge in [-0.15, -0.1) is 11.3 Å². The molecule has 0 radical (unpaired) electrons. The van der Waals surface area contributed by atoms with Crippen LogP contribution in [0, 0.1) is 6.92 Å². The van der Waals surface area contributed by atoms with E-state index in [1.165, 1.54) is 4.70 Å². The number of aliphatic hydroxyl groups is 1. The largest absolute Gasteiger partial charge is 0.486 e. The highest BCUT2D eigenvalue weighted by Crippen LogP contribution is 2.26. The summed E-state index contributed by atoms with van der Waals surface area (Å²) in [5.41, 5.74) is 2.94. The summed E-state index contributed by atoms with van der Waals surface area (Å²) in [6, 6.07) is 13.8. The molecule has 0 fully saturated rings. The fourth-order valence-electron chi connectivity index (χ4n) is 2.22. The predicted octanol–water partition coefficient (Wildman–Crippen LogP) is 4.24. The van der Waals surface area contributed by atoms with Crippen molar-refractivity contribution in [2.24, 2.45) is 0 Å². The molecule has 1 atom stereocenters. The maximum Gasteiger partial charge on any atom is 0.140 e. The van der Waals surface area contributed by atoms with E-state index in [2.05, 4.69) is 11.1 Å². The first-order valence-electron chi connectivity index (χ1n) is 6.89. The van der Waals surface area contributed by atoms with Crippen molar-refractivity contribution >= 4 is 21.6 Å². The molecule has 0 aliphatic heterocycles. The van der Waals surface area contributed by atoms with Crippen LogP contribution in [0.2, 0.25) is 0 Å². The number of benzene rings is 2. The van der Waals surface area contributed by atoms with Crippen LogP contribution in [0.4, 0.5) is 0 Å². The van der Waals surface area contributed by atoms with E-state index in [-0.39, 0.29) is 0 Å². The average molecular weight is 299 g/mol. The van der Waals surface area contributed by atoms with Gasteiger partial charge in [-0.25, -0.2) is 4.98 Å². The van der Waals surface area contributed by atoms with E-state index in [4.69, 9.17) is 4.74 Å². The summed E-state index contributed by atoms with van der Waals surface area (Å²) < 4.78 is 7.03. The monoisotopic (exact) mass is 299 g/mol. The van der Waals surface area contributed by atoms with E-state index in [0.29, 0.717) is 6.61 Å². The highest BCUT2D eigenvalue weighted by Gasteiger charge is 2.07. The lowest BCUT2D eigenvalue weighted by molar-refractivity contribution is 0.199. The standard InChI is InChI=1S/C17H17NO2S/c1-11-9-13(12(2)19)7-8-15(11)20-10-17-18-14-5-3-4-6-16(14)21-17/h3-9,12,19H,10H2,1-2H3/t12-/m0/s1. The fraction of sp³-hybridized carbons (Fsp3) is 0.235. The van der Waals surface area contributed by atoms with Gasteiger partial charge in [-0.1, -0.05) is 18.2 Å². The van der Waals surface area contributed by atoms with Gasteiger partial charge in [0.15, 0.2) is 0 Å². The Morgan fingerprint density at radius 1 is 1.24 bits per heavy atom. The number of ether oxygens (including phenoxy) is 1. The maximum absolute atomic E-state index is 9.58. The topological polar surface area (TPSA) is 42.4 Å². The number of fused-ring (bicyclic) bond motifs is 1. The molecule has 0 saturated carbocycles. The number of aryl methyl sites for hydroxylation is 1. The van der Waals surface area contributed by atoms with Gasteiger partial charge in [-0.05, 0) is 49.2 Å². The summed E-state index contributed by atoms with van der Waals surface area (Å²) in [4.78, 5) is 4.56. The van der Waals surface area contributed by atoms with Crippen LogP contribution in [0.1, 0.15) is 29.2 Å². The Kier molecular flexibility index (Phi) is 3.90. The SMILES string of the molecule is Cc1cc([C@H](C)O)ccc1OCc1nc2ccccc2s1. The summed E-state index contributed by atoms with van der Waals surface area (Å²) in [6.07, 6.45) is -0.456. The third-order valence-corrected chi connectivity index (χ3v) is 4.38. The molecule has 1 heterocycles. The number of aliphatic hydroxyl groups excluding tert-OH is 1. The Balaban J connectivity index is 1.75. The Hall–Kier alpha value is -1.91. The Morgan fingerprint density at radius 2 is 2.05 bits per heavy atom. The second-order valence-electron chi connectivity index (χ2n) is 5.06. The molecule has 108 valence electrons. The van der Waals surface area contributed by atoms with E-state index in [0.717, 1.165) is 27.4 Å². The molecule has 1 N–H and O–H groups in total. The molecule has 2 aromatic carbocycles. The summed E-state index contributed by atoms with van der Waals surface area (Å²) >= 11 is 1.65. The minimum atomic E-state index is -0.456. The average Bonchev–Trinajstić information content (AvgIpc) is 2.88. The predicted molar refractivity (Wildman–Crippen MR) is 85.8 cm³/mol. The lowest BCUT2D eigenvalue weighted by Crippen LogP contribution is -1.98. The van der Waals surface area contributed by atoms with E-state index in [9.17, 15) is 5.11 Å². The highest BCUT2D eigenvalue weighted by molar-refractivity contribution is 7.18. The number of para-hydroxylation sites is 1. The lowest BCUT2D eigenvalue weighted by Gasteiger charge is -2.11. The first-order chi connectivity index (χ1) is 10.1. The van der Waals surface area contributed by atoms with Crippen molar-refractivity contribution in [2.45, 2.75) is 26.6 Å². The zero-order valence-electron chi connectivity index (χ0n) is 12.0. The van der Waals surface area contributed by atoms with Crippen molar-refractivity contribution in [3.05, 3.63) is 58.6 Å². The number of hydrogen-bond donors (Lipinski definition) is 1. The smallest absolute Gasteiger partial charge is 0.140 e. The molecule has 0 unspecified atom stereocenters. The number of hydrogen-bond acceptors (Lipinski definition) is 4. The summed E-state index contributed by atoms with van der Waals surface area (Å²) in [7, 11) is 0.